The van der Waals surface area contributed by atoms with Gasteiger partial charge in [-0.05, 0) is 26.0 Å². The van der Waals surface area contributed by atoms with Gasteiger partial charge in [0.15, 0.2) is 5.78 Å². The minimum atomic E-state index is 0.0852. The average molecular weight is 310 g/mol. The van der Waals surface area contributed by atoms with Crippen LogP contribution in [0.25, 0.3) is 5.70 Å². The summed E-state index contributed by atoms with van der Waals surface area (Å²) in [6.45, 7) is 3.87. The smallest absolute Gasteiger partial charge is 0.165 e. The summed E-state index contributed by atoms with van der Waals surface area (Å²) >= 11 is 3.40. The lowest BCUT2D eigenvalue weighted by molar-refractivity contribution is 0.0976. The number of allylic oxidation sites excluding steroid dienone is 1. The number of hydrogen-bond acceptors (Lipinski definition) is 4. The van der Waals surface area contributed by atoms with Gasteiger partial charge in [0.05, 0.1) is 5.70 Å². The highest BCUT2D eigenvalue weighted by Gasteiger charge is 2.23. The molecule has 0 radical (unpaired) electrons. The molecule has 96 valence electrons. The number of rotatable bonds is 1. The lowest BCUT2D eigenvalue weighted by Crippen LogP contribution is -2.29. The third kappa shape index (κ3) is 2.42. The summed E-state index contributed by atoms with van der Waals surface area (Å²) in [5, 5.41) is 3.34. The molecule has 4 N–H and O–H groups in total. The van der Waals surface area contributed by atoms with Crippen molar-refractivity contribution < 1.29 is 4.79 Å². The van der Waals surface area contributed by atoms with Crippen LogP contribution in [-0.2, 0) is 0 Å². The second kappa shape index (κ2) is 5.12. The lowest BCUT2D eigenvalue weighted by atomic mass is 10.00. The number of halogens is 1. The van der Waals surface area contributed by atoms with E-state index in [0.29, 0.717) is 6.42 Å². The largest absolute Gasteiger partial charge is 0.380 e. The van der Waals surface area contributed by atoms with E-state index in [1.165, 1.54) is 0 Å². The number of fused-ring (bicyclic) bond motifs is 1. The van der Waals surface area contributed by atoms with Gasteiger partial charge in [-0.2, -0.15) is 0 Å². The number of Topliss-reactive ketones (excluding diaryl/α,β-unsaturated/α-hetero) is 1. The molecular weight excluding hydrogens is 294 g/mol. The fraction of sp³-hybridized carbons (Fsp3) is 0.308. The van der Waals surface area contributed by atoms with Crippen molar-refractivity contribution in [1.82, 2.24) is 10.7 Å². The van der Waals surface area contributed by atoms with Crippen LogP contribution < -0.4 is 16.6 Å². The first-order valence-electron chi connectivity index (χ1n) is 5.80. The molecule has 0 saturated heterocycles. The van der Waals surface area contributed by atoms with E-state index in [-0.39, 0.29) is 11.8 Å². The molecule has 0 fully saturated rings. The van der Waals surface area contributed by atoms with Crippen LogP contribution in [0.4, 0.5) is 0 Å². The van der Waals surface area contributed by atoms with Crippen LogP contribution in [0, 0.1) is 0 Å². The van der Waals surface area contributed by atoms with Crippen molar-refractivity contribution in [2.45, 2.75) is 26.3 Å². The third-order valence-corrected chi connectivity index (χ3v) is 3.52. The molecule has 0 spiro atoms. The highest BCUT2D eigenvalue weighted by Crippen LogP contribution is 2.28. The molecule has 0 amide bonds. The Bertz CT molecular complexity index is 525. The first-order chi connectivity index (χ1) is 8.52. The van der Waals surface area contributed by atoms with Gasteiger partial charge in [-0.25, -0.2) is 0 Å². The molecule has 4 nitrogen and oxygen atoms in total. The molecule has 18 heavy (non-hydrogen) atoms. The minimum Gasteiger partial charge on any atom is -0.380 e. The number of nitrogens with two attached hydrogens (primary N) is 1. The zero-order chi connectivity index (χ0) is 13.3. The summed E-state index contributed by atoms with van der Waals surface area (Å²) in [6.07, 6.45) is 0.477. The summed E-state index contributed by atoms with van der Waals surface area (Å²) in [4.78, 5) is 12.2. The normalized spacial score (nSPS) is 21.8. The van der Waals surface area contributed by atoms with Crippen LogP contribution in [0.5, 0.6) is 0 Å². The van der Waals surface area contributed by atoms with E-state index in [2.05, 4.69) is 26.7 Å². The van der Waals surface area contributed by atoms with Gasteiger partial charge < -0.3 is 10.7 Å². The van der Waals surface area contributed by atoms with Gasteiger partial charge >= 0.3 is 0 Å². The summed E-state index contributed by atoms with van der Waals surface area (Å²) < 4.78 is 0.905. The van der Waals surface area contributed by atoms with E-state index in [9.17, 15) is 4.79 Å². The number of carbonyl (C=O) groups excluding carboxylic acids is 1. The van der Waals surface area contributed by atoms with E-state index in [1.807, 2.05) is 32.0 Å². The molecule has 1 heterocycles. The van der Waals surface area contributed by atoms with Crippen LogP contribution in [0.2, 0.25) is 0 Å². The van der Waals surface area contributed by atoms with Gasteiger partial charge in [-0.1, -0.05) is 22.0 Å². The maximum Gasteiger partial charge on any atom is 0.165 e. The molecule has 2 rings (SSSR count). The Morgan fingerprint density at radius 3 is 2.89 bits per heavy atom. The molecule has 1 aliphatic rings. The van der Waals surface area contributed by atoms with Crippen LogP contribution >= 0.6 is 15.9 Å². The average Bonchev–Trinajstić information content (AvgIpc) is 2.46. The Morgan fingerprint density at radius 1 is 1.50 bits per heavy atom. The molecule has 5 heteroatoms. The SMILES string of the molecule is C/C(NN)=C1/NC(C)CC(=O)c2cc(Br)ccc21. The quantitative estimate of drug-likeness (QED) is 0.549. The van der Waals surface area contributed by atoms with E-state index in [1.54, 1.807) is 0 Å². The topological polar surface area (TPSA) is 67.2 Å². The van der Waals surface area contributed by atoms with Gasteiger partial charge in [0, 0.05) is 33.8 Å². The maximum atomic E-state index is 12.2. The lowest BCUT2D eigenvalue weighted by Gasteiger charge is -2.17. The Hall–Kier alpha value is -1.33. The summed E-state index contributed by atoms with van der Waals surface area (Å²) in [5.41, 5.74) is 5.97. The van der Waals surface area contributed by atoms with Gasteiger partial charge in [-0.15, -0.1) is 0 Å². The zero-order valence-corrected chi connectivity index (χ0v) is 12.0. The van der Waals surface area contributed by atoms with Crippen LogP contribution in [0.1, 0.15) is 36.2 Å². The van der Waals surface area contributed by atoms with E-state index < -0.39 is 0 Å². The Balaban J connectivity index is 2.65. The van der Waals surface area contributed by atoms with Crippen LogP contribution in [0.3, 0.4) is 0 Å². The minimum absolute atomic E-state index is 0.0852. The first kappa shape index (κ1) is 13.1. The van der Waals surface area contributed by atoms with E-state index in [4.69, 9.17) is 5.84 Å². The molecule has 0 bridgehead atoms. The second-order valence-corrected chi connectivity index (χ2v) is 5.42. The van der Waals surface area contributed by atoms with Crippen molar-refractivity contribution in [3.05, 3.63) is 39.5 Å². The van der Waals surface area contributed by atoms with Crippen molar-refractivity contribution in [2.75, 3.05) is 0 Å². The predicted molar refractivity (Wildman–Crippen MR) is 75.6 cm³/mol. The third-order valence-electron chi connectivity index (χ3n) is 3.03. The van der Waals surface area contributed by atoms with Gasteiger partial charge in [0.25, 0.3) is 0 Å². The maximum absolute atomic E-state index is 12.2. The number of hydrogen-bond donors (Lipinski definition) is 3. The fourth-order valence-electron chi connectivity index (χ4n) is 2.11. The molecule has 1 aromatic rings. The predicted octanol–water partition coefficient (Wildman–Crippen LogP) is 2.17. The van der Waals surface area contributed by atoms with E-state index >= 15 is 0 Å². The summed E-state index contributed by atoms with van der Waals surface area (Å²) in [6, 6.07) is 5.80. The fourth-order valence-corrected chi connectivity index (χ4v) is 2.47. The molecular formula is C13H16BrN3O. The number of hydrazine groups is 1. The Labute approximate surface area is 115 Å². The monoisotopic (exact) mass is 309 g/mol. The molecule has 1 atom stereocenters. The standard InChI is InChI=1S/C13H16BrN3O/c1-7-5-12(18)11-6-9(14)3-4-10(11)13(16-7)8(2)17-15/h3-4,6-7,16-17H,5,15H2,1-2H3/b13-8-. The van der Waals surface area contributed by atoms with Gasteiger partial charge in [0.1, 0.15) is 0 Å². The van der Waals surface area contributed by atoms with Crippen molar-refractivity contribution in [2.24, 2.45) is 5.84 Å². The Morgan fingerprint density at radius 2 is 2.22 bits per heavy atom. The molecule has 1 aromatic carbocycles. The highest BCUT2D eigenvalue weighted by atomic mass is 79.9. The Kier molecular flexibility index (Phi) is 3.73. The number of carbonyl (C=O) groups is 1. The highest BCUT2D eigenvalue weighted by molar-refractivity contribution is 9.10. The van der Waals surface area contributed by atoms with Crippen LogP contribution in [0.15, 0.2) is 28.4 Å². The first-order valence-corrected chi connectivity index (χ1v) is 6.59. The van der Waals surface area contributed by atoms with Crippen LogP contribution in [-0.4, -0.2) is 11.8 Å². The zero-order valence-electron chi connectivity index (χ0n) is 10.4. The number of ketones is 1. The molecule has 1 aliphatic heterocycles. The molecule has 1 unspecified atom stereocenters. The van der Waals surface area contributed by atoms with Gasteiger partial charge in [-0.3, -0.25) is 10.6 Å². The van der Waals surface area contributed by atoms with Gasteiger partial charge in [0.2, 0.25) is 0 Å². The summed E-state index contributed by atoms with van der Waals surface area (Å²) in [5.74, 6) is 5.62. The van der Waals surface area contributed by atoms with Crippen molar-refractivity contribution in [3.8, 4) is 0 Å². The van der Waals surface area contributed by atoms with Crippen molar-refractivity contribution in [3.63, 3.8) is 0 Å². The second-order valence-electron chi connectivity index (χ2n) is 4.51. The van der Waals surface area contributed by atoms with Crippen molar-refractivity contribution in [1.29, 1.82) is 0 Å². The number of nitrogens with one attached hydrogen (secondary N) is 2. The molecule has 0 aliphatic carbocycles. The molecule has 0 saturated carbocycles. The van der Waals surface area contributed by atoms with E-state index in [0.717, 1.165) is 27.0 Å². The summed E-state index contributed by atoms with van der Waals surface area (Å²) in [7, 11) is 0. The van der Waals surface area contributed by atoms with Crippen molar-refractivity contribution >= 4 is 27.4 Å². The molecule has 0 aromatic heterocycles. The number of benzene rings is 1.